The van der Waals surface area contributed by atoms with Gasteiger partial charge >= 0.3 is 6.03 Å². The second-order valence-corrected chi connectivity index (χ2v) is 9.81. The zero-order valence-corrected chi connectivity index (χ0v) is 20.6. The van der Waals surface area contributed by atoms with Crippen molar-refractivity contribution in [3.05, 3.63) is 83.2 Å². The molecule has 7 nitrogen and oxygen atoms in total. The standard InChI is InChI=1S/C27H27N5O2S/c1-18-11-12-23(19(2)15-18)32-24(16-21-9-5-8-20-7-3-4-10-22(20)21)29-30-27(32)35-14-6-13-31-25(33)17-28-26(31)34/h3-5,7-12,15H,6,13-14,16-17H2,1-2H3,(H,28,34). The Hall–Kier alpha value is -3.65. The minimum atomic E-state index is -0.309. The third-order valence-electron chi connectivity index (χ3n) is 6.22. The summed E-state index contributed by atoms with van der Waals surface area (Å²) in [6.07, 6.45) is 1.34. The highest BCUT2D eigenvalue weighted by Crippen LogP contribution is 2.28. The number of nitrogens with one attached hydrogen (secondary N) is 1. The van der Waals surface area contributed by atoms with Crippen LogP contribution >= 0.6 is 11.8 Å². The van der Waals surface area contributed by atoms with E-state index in [2.05, 4.69) is 94.6 Å². The smallest absolute Gasteiger partial charge is 0.324 e. The lowest BCUT2D eigenvalue weighted by Crippen LogP contribution is -2.32. The Labute approximate surface area is 208 Å². The highest BCUT2D eigenvalue weighted by atomic mass is 32.2. The van der Waals surface area contributed by atoms with Gasteiger partial charge in [-0.25, -0.2) is 4.79 Å². The van der Waals surface area contributed by atoms with Crippen LogP contribution in [-0.4, -0.2) is 50.4 Å². The fourth-order valence-electron chi connectivity index (χ4n) is 4.49. The summed E-state index contributed by atoms with van der Waals surface area (Å²) in [5.74, 6) is 1.43. The number of carbonyl (C=O) groups is 2. The first-order valence-corrected chi connectivity index (χ1v) is 12.7. The first kappa shape index (κ1) is 23.1. The van der Waals surface area contributed by atoms with Gasteiger partial charge in [0.1, 0.15) is 5.82 Å². The predicted octanol–water partition coefficient (Wildman–Crippen LogP) is 4.66. The number of amides is 3. The van der Waals surface area contributed by atoms with Gasteiger partial charge in [0.25, 0.3) is 0 Å². The van der Waals surface area contributed by atoms with Crippen molar-refractivity contribution < 1.29 is 9.59 Å². The largest absolute Gasteiger partial charge is 0.329 e. The van der Waals surface area contributed by atoms with Gasteiger partial charge in [-0.1, -0.05) is 71.9 Å². The third kappa shape index (κ3) is 4.79. The summed E-state index contributed by atoms with van der Waals surface area (Å²) in [4.78, 5) is 24.9. The van der Waals surface area contributed by atoms with Crippen molar-refractivity contribution in [1.82, 2.24) is 25.0 Å². The van der Waals surface area contributed by atoms with Crippen molar-refractivity contribution in [2.75, 3.05) is 18.8 Å². The van der Waals surface area contributed by atoms with Crippen LogP contribution in [0.4, 0.5) is 4.79 Å². The van der Waals surface area contributed by atoms with Crippen molar-refractivity contribution >= 4 is 34.5 Å². The van der Waals surface area contributed by atoms with Crippen LogP contribution in [0.15, 0.2) is 65.8 Å². The van der Waals surface area contributed by atoms with Crippen LogP contribution in [0.1, 0.15) is 28.9 Å². The third-order valence-corrected chi connectivity index (χ3v) is 7.23. The molecule has 35 heavy (non-hydrogen) atoms. The second-order valence-electron chi connectivity index (χ2n) is 8.75. The van der Waals surface area contributed by atoms with E-state index in [0.717, 1.165) is 22.2 Å². The van der Waals surface area contributed by atoms with Gasteiger partial charge in [-0.3, -0.25) is 14.3 Å². The summed E-state index contributed by atoms with van der Waals surface area (Å²) in [6.45, 7) is 4.68. The Morgan fingerprint density at radius 2 is 1.83 bits per heavy atom. The molecule has 1 aromatic heterocycles. The first-order valence-electron chi connectivity index (χ1n) is 11.7. The van der Waals surface area contributed by atoms with Crippen LogP contribution in [0, 0.1) is 13.8 Å². The number of hydrogen-bond donors (Lipinski definition) is 1. The molecule has 0 radical (unpaired) electrons. The van der Waals surface area contributed by atoms with Crippen LogP contribution in [0.25, 0.3) is 16.5 Å². The summed E-state index contributed by atoms with van der Waals surface area (Å²) < 4.78 is 2.15. The Morgan fingerprint density at radius 1 is 1.00 bits per heavy atom. The van der Waals surface area contributed by atoms with Crippen molar-refractivity contribution in [3.8, 4) is 5.69 Å². The second kappa shape index (κ2) is 9.92. The number of hydrogen-bond acceptors (Lipinski definition) is 5. The first-order chi connectivity index (χ1) is 17.0. The molecule has 3 aromatic carbocycles. The Kier molecular flexibility index (Phi) is 6.55. The van der Waals surface area contributed by atoms with Gasteiger partial charge in [-0.15, -0.1) is 10.2 Å². The average molecular weight is 486 g/mol. The molecule has 0 spiro atoms. The summed E-state index contributed by atoms with van der Waals surface area (Å²) in [6, 6.07) is 20.8. The monoisotopic (exact) mass is 485 g/mol. The van der Waals surface area contributed by atoms with E-state index in [1.807, 2.05) is 0 Å². The Bertz CT molecular complexity index is 1390. The van der Waals surface area contributed by atoms with Gasteiger partial charge in [0.05, 0.1) is 12.2 Å². The number of nitrogens with zero attached hydrogens (tertiary/aromatic N) is 4. The topological polar surface area (TPSA) is 80.1 Å². The number of urea groups is 1. The molecule has 3 amide bonds. The number of carbonyl (C=O) groups excluding carboxylic acids is 2. The quantitative estimate of drug-likeness (QED) is 0.223. The maximum atomic E-state index is 11.8. The van der Waals surface area contributed by atoms with Crippen LogP contribution in [0.2, 0.25) is 0 Å². The van der Waals surface area contributed by atoms with E-state index < -0.39 is 0 Å². The van der Waals surface area contributed by atoms with Crippen molar-refractivity contribution in [2.45, 2.75) is 31.8 Å². The zero-order chi connectivity index (χ0) is 24.4. The molecule has 2 heterocycles. The van der Waals surface area contributed by atoms with E-state index in [1.54, 1.807) is 11.8 Å². The molecular weight excluding hydrogens is 458 g/mol. The van der Waals surface area contributed by atoms with Crippen LogP contribution in [0.5, 0.6) is 0 Å². The van der Waals surface area contributed by atoms with Crippen molar-refractivity contribution in [2.24, 2.45) is 0 Å². The van der Waals surface area contributed by atoms with E-state index in [0.29, 0.717) is 25.1 Å². The molecule has 0 saturated carbocycles. The normalized spacial score (nSPS) is 13.6. The molecule has 0 unspecified atom stereocenters. The van der Waals surface area contributed by atoms with Crippen molar-refractivity contribution in [3.63, 3.8) is 0 Å². The highest BCUT2D eigenvalue weighted by molar-refractivity contribution is 7.99. The molecule has 178 valence electrons. The number of aromatic nitrogens is 3. The molecule has 1 aliphatic rings. The SMILES string of the molecule is Cc1ccc(-n2c(Cc3cccc4ccccc34)nnc2SCCCN2C(=O)CNC2=O)c(C)c1. The lowest BCUT2D eigenvalue weighted by Gasteiger charge is -2.15. The van der Waals surface area contributed by atoms with Crippen LogP contribution < -0.4 is 5.32 Å². The minimum Gasteiger partial charge on any atom is -0.329 e. The fourth-order valence-corrected chi connectivity index (χ4v) is 5.38. The van der Waals surface area contributed by atoms with Gasteiger partial charge in [-0.2, -0.15) is 0 Å². The van der Waals surface area contributed by atoms with Gasteiger partial charge < -0.3 is 5.32 Å². The van der Waals surface area contributed by atoms with E-state index in [-0.39, 0.29) is 18.5 Å². The lowest BCUT2D eigenvalue weighted by atomic mass is 10.0. The molecule has 1 saturated heterocycles. The van der Waals surface area contributed by atoms with Gasteiger partial charge in [-0.05, 0) is 48.2 Å². The van der Waals surface area contributed by atoms with Gasteiger partial charge in [0.2, 0.25) is 5.91 Å². The van der Waals surface area contributed by atoms with E-state index >= 15 is 0 Å². The van der Waals surface area contributed by atoms with E-state index in [4.69, 9.17) is 0 Å². The zero-order valence-electron chi connectivity index (χ0n) is 19.8. The molecule has 0 bridgehead atoms. The fraction of sp³-hybridized carbons (Fsp3) is 0.259. The summed E-state index contributed by atoms with van der Waals surface area (Å²) in [5, 5.41) is 14.9. The molecule has 4 aromatic rings. The molecule has 8 heteroatoms. The molecule has 0 atom stereocenters. The summed E-state index contributed by atoms with van der Waals surface area (Å²) in [7, 11) is 0. The van der Waals surface area contributed by atoms with Gasteiger partial charge in [0.15, 0.2) is 5.16 Å². The molecule has 1 aliphatic heterocycles. The number of rotatable bonds is 8. The number of benzene rings is 3. The maximum absolute atomic E-state index is 11.8. The summed E-state index contributed by atoms with van der Waals surface area (Å²) >= 11 is 1.60. The van der Waals surface area contributed by atoms with Crippen molar-refractivity contribution in [1.29, 1.82) is 0 Å². The molecule has 1 fully saturated rings. The minimum absolute atomic E-state index is 0.0878. The lowest BCUT2D eigenvalue weighted by molar-refractivity contribution is -0.124. The Morgan fingerprint density at radius 3 is 2.63 bits per heavy atom. The predicted molar refractivity (Wildman–Crippen MR) is 138 cm³/mol. The van der Waals surface area contributed by atoms with Gasteiger partial charge in [0, 0.05) is 18.7 Å². The van der Waals surface area contributed by atoms with Crippen LogP contribution in [0.3, 0.4) is 0 Å². The highest BCUT2D eigenvalue weighted by Gasteiger charge is 2.27. The number of aryl methyl sites for hydroxylation is 2. The molecule has 1 N–H and O–H groups in total. The Balaban J connectivity index is 1.42. The van der Waals surface area contributed by atoms with E-state index in [9.17, 15) is 9.59 Å². The molecular formula is C27H27N5O2S. The average Bonchev–Trinajstić information content (AvgIpc) is 3.39. The number of imide groups is 1. The molecule has 0 aliphatic carbocycles. The summed E-state index contributed by atoms with van der Waals surface area (Å²) in [5.41, 5.74) is 4.63. The van der Waals surface area contributed by atoms with E-state index in [1.165, 1.54) is 26.8 Å². The maximum Gasteiger partial charge on any atom is 0.324 e. The molecule has 5 rings (SSSR count). The van der Waals surface area contributed by atoms with Crippen LogP contribution in [-0.2, 0) is 11.2 Å². The number of fused-ring (bicyclic) bond motifs is 1. The number of thioether (sulfide) groups is 1.